The van der Waals surface area contributed by atoms with Crippen LogP contribution in [-0.2, 0) is 16.1 Å². The highest BCUT2D eigenvalue weighted by molar-refractivity contribution is 5.24. The molecule has 1 aromatic heterocycles. The molecule has 1 N–H and O–H groups in total. The van der Waals surface area contributed by atoms with Crippen molar-refractivity contribution in [1.82, 2.24) is 10.3 Å². The third kappa shape index (κ3) is 3.77. The van der Waals surface area contributed by atoms with Crippen LogP contribution in [0.2, 0.25) is 0 Å². The second-order valence-corrected chi connectivity index (χ2v) is 4.40. The Hall–Kier alpha value is -1.48. The standard InChI is InChI=1S/C13H17N3O2/c1-10-6-15-7-13(18-10)9-17-8-11-2-3-16-12(4-11)5-14/h2-4,10,13,15H,6-9H2,1H3. The predicted octanol–water partition coefficient (Wildman–Crippen LogP) is 0.847. The Kier molecular flexibility index (Phi) is 4.65. The van der Waals surface area contributed by atoms with E-state index in [1.54, 1.807) is 12.3 Å². The zero-order valence-electron chi connectivity index (χ0n) is 10.4. The molecule has 2 unspecified atom stereocenters. The van der Waals surface area contributed by atoms with Crippen molar-refractivity contribution in [2.24, 2.45) is 0 Å². The van der Waals surface area contributed by atoms with Crippen molar-refractivity contribution < 1.29 is 9.47 Å². The molecule has 0 spiro atoms. The first-order valence-corrected chi connectivity index (χ1v) is 6.07. The highest BCUT2D eigenvalue weighted by Gasteiger charge is 2.18. The maximum absolute atomic E-state index is 8.74. The van der Waals surface area contributed by atoms with Gasteiger partial charge in [0.15, 0.2) is 0 Å². The number of hydrogen-bond donors (Lipinski definition) is 1. The van der Waals surface area contributed by atoms with Crippen molar-refractivity contribution in [3.63, 3.8) is 0 Å². The van der Waals surface area contributed by atoms with Gasteiger partial charge in [-0.05, 0) is 24.6 Å². The molecule has 2 atom stereocenters. The maximum Gasteiger partial charge on any atom is 0.140 e. The molecule has 1 fully saturated rings. The van der Waals surface area contributed by atoms with Crippen LogP contribution in [0.5, 0.6) is 0 Å². The van der Waals surface area contributed by atoms with E-state index in [0.717, 1.165) is 18.7 Å². The van der Waals surface area contributed by atoms with Gasteiger partial charge in [0.2, 0.25) is 0 Å². The minimum atomic E-state index is 0.103. The van der Waals surface area contributed by atoms with Crippen LogP contribution in [0, 0.1) is 11.3 Å². The lowest BCUT2D eigenvalue weighted by atomic mass is 10.2. The third-order valence-electron chi connectivity index (χ3n) is 2.74. The van der Waals surface area contributed by atoms with Crippen molar-refractivity contribution in [2.45, 2.75) is 25.7 Å². The van der Waals surface area contributed by atoms with E-state index in [-0.39, 0.29) is 12.2 Å². The van der Waals surface area contributed by atoms with Gasteiger partial charge in [0, 0.05) is 19.3 Å². The largest absolute Gasteiger partial charge is 0.374 e. The first-order valence-electron chi connectivity index (χ1n) is 6.07. The summed E-state index contributed by atoms with van der Waals surface area (Å²) in [4.78, 5) is 3.91. The summed E-state index contributed by atoms with van der Waals surface area (Å²) in [5, 5.41) is 12.0. The van der Waals surface area contributed by atoms with Gasteiger partial charge in [-0.25, -0.2) is 4.98 Å². The highest BCUT2D eigenvalue weighted by atomic mass is 16.5. The van der Waals surface area contributed by atoms with Gasteiger partial charge >= 0.3 is 0 Å². The normalized spacial score (nSPS) is 23.6. The van der Waals surface area contributed by atoms with E-state index < -0.39 is 0 Å². The number of nitriles is 1. The molecule has 1 saturated heterocycles. The van der Waals surface area contributed by atoms with Gasteiger partial charge in [0.1, 0.15) is 11.8 Å². The van der Waals surface area contributed by atoms with Crippen LogP contribution in [0.3, 0.4) is 0 Å². The van der Waals surface area contributed by atoms with Crippen molar-refractivity contribution in [3.8, 4) is 6.07 Å². The van der Waals surface area contributed by atoms with E-state index in [1.165, 1.54) is 0 Å². The van der Waals surface area contributed by atoms with Crippen LogP contribution in [0.15, 0.2) is 18.3 Å². The summed E-state index contributed by atoms with van der Waals surface area (Å²) < 4.78 is 11.3. The van der Waals surface area contributed by atoms with Crippen LogP contribution in [0.4, 0.5) is 0 Å². The topological polar surface area (TPSA) is 67.2 Å². The SMILES string of the molecule is CC1CNCC(COCc2ccnc(C#N)c2)O1. The fraction of sp³-hybridized carbons (Fsp3) is 0.538. The Morgan fingerprint density at radius 3 is 3.28 bits per heavy atom. The van der Waals surface area contributed by atoms with Gasteiger partial charge in [0.05, 0.1) is 25.4 Å². The predicted molar refractivity (Wildman–Crippen MR) is 65.8 cm³/mol. The maximum atomic E-state index is 8.74. The zero-order valence-corrected chi connectivity index (χ0v) is 10.4. The molecule has 0 saturated carbocycles. The minimum Gasteiger partial charge on any atom is -0.374 e. The number of morpholine rings is 1. The quantitative estimate of drug-likeness (QED) is 0.854. The molecule has 0 amide bonds. The summed E-state index contributed by atoms with van der Waals surface area (Å²) in [6.45, 7) is 4.80. The fourth-order valence-electron chi connectivity index (χ4n) is 1.90. The lowest BCUT2D eigenvalue weighted by Gasteiger charge is -2.28. The van der Waals surface area contributed by atoms with Crippen LogP contribution >= 0.6 is 0 Å². The second kappa shape index (κ2) is 6.45. The van der Waals surface area contributed by atoms with E-state index in [1.807, 2.05) is 19.1 Å². The van der Waals surface area contributed by atoms with Gasteiger partial charge in [-0.3, -0.25) is 0 Å². The number of hydrogen-bond acceptors (Lipinski definition) is 5. The minimum absolute atomic E-state index is 0.103. The third-order valence-corrected chi connectivity index (χ3v) is 2.74. The number of nitrogens with zero attached hydrogens (tertiary/aromatic N) is 2. The summed E-state index contributed by atoms with van der Waals surface area (Å²) in [6, 6.07) is 5.60. The number of nitrogens with one attached hydrogen (secondary N) is 1. The Balaban J connectivity index is 1.76. The fourth-order valence-corrected chi connectivity index (χ4v) is 1.90. The average Bonchev–Trinajstić information content (AvgIpc) is 2.39. The number of ether oxygens (including phenoxy) is 2. The van der Waals surface area contributed by atoms with E-state index in [0.29, 0.717) is 18.9 Å². The van der Waals surface area contributed by atoms with Gasteiger partial charge in [0.25, 0.3) is 0 Å². The lowest BCUT2D eigenvalue weighted by molar-refractivity contribution is -0.0716. The average molecular weight is 247 g/mol. The molecule has 2 rings (SSSR count). The Bertz CT molecular complexity index is 430. The Labute approximate surface area is 107 Å². The monoisotopic (exact) mass is 247 g/mol. The van der Waals surface area contributed by atoms with Crippen molar-refractivity contribution in [1.29, 1.82) is 5.26 Å². The molecule has 96 valence electrons. The van der Waals surface area contributed by atoms with Gasteiger partial charge in [-0.15, -0.1) is 0 Å². The molecular formula is C13H17N3O2. The lowest BCUT2D eigenvalue weighted by Crippen LogP contribution is -2.45. The molecule has 1 aliphatic heterocycles. The first kappa shape index (κ1) is 13.0. The van der Waals surface area contributed by atoms with E-state index in [2.05, 4.69) is 10.3 Å². The van der Waals surface area contributed by atoms with Gasteiger partial charge in [-0.1, -0.05) is 0 Å². The van der Waals surface area contributed by atoms with Crippen LogP contribution in [0.1, 0.15) is 18.2 Å². The molecule has 0 aliphatic carbocycles. The number of rotatable bonds is 4. The number of pyridine rings is 1. The Morgan fingerprint density at radius 2 is 2.50 bits per heavy atom. The van der Waals surface area contributed by atoms with Crippen LogP contribution in [0.25, 0.3) is 0 Å². The summed E-state index contributed by atoms with van der Waals surface area (Å²) in [5.74, 6) is 0. The molecule has 1 aliphatic rings. The van der Waals surface area contributed by atoms with Gasteiger partial charge < -0.3 is 14.8 Å². The molecular weight excluding hydrogens is 230 g/mol. The molecule has 0 radical (unpaired) electrons. The molecule has 0 bridgehead atoms. The zero-order chi connectivity index (χ0) is 12.8. The summed E-state index contributed by atoms with van der Waals surface area (Å²) in [5.41, 5.74) is 1.37. The Morgan fingerprint density at radius 1 is 1.61 bits per heavy atom. The molecule has 1 aromatic rings. The molecule has 2 heterocycles. The summed E-state index contributed by atoms with van der Waals surface area (Å²) in [6.07, 6.45) is 1.96. The van der Waals surface area contributed by atoms with E-state index >= 15 is 0 Å². The smallest absolute Gasteiger partial charge is 0.140 e. The van der Waals surface area contributed by atoms with Crippen molar-refractivity contribution in [2.75, 3.05) is 19.7 Å². The van der Waals surface area contributed by atoms with E-state index in [9.17, 15) is 0 Å². The molecule has 0 aromatic carbocycles. The van der Waals surface area contributed by atoms with Gasteiger partial charge in [-0.2, -0.15) is 5.26 Å². The van der Waals surface area contributed by atoms with Crippen molar-refractivity contribution >= 4 is 0 Å². The van der Waals surface area contributed by atoms with Crippen LogP contribution < -0.4 is 5.32 Å². The number of aromatic nitrogens is 1. The van der Waals surface area contributed by atoms with Crippen molar-refractivity contribution in [3.05, 3.63) is 29.6 Å². The second-order valence-electron chi connectivity index (χ2n) is 4.40. The first-order chi connectivity index (χ1) is 8.78. The highest BCUT2D eigenvalue weighted by Crippen LogP contribution is 2.07. The van der Waals surface area contributed by atoms with E-state index in [4.69, 9.17) is 14.7 Å². The summed E-state index contributed by atoms with van der Waals surface area (Å²) in [7, 11) is 0. The molecule has 5 heteroatoms. The van der Waals surface area contributed by atoms with Crippen LogP contribution in [-0.4, -0.2) is 36.9 Å². The molecule has 5 nitrogen and oxygen atoms in total. The summed E-state index contributed by atoms with van der Waals surface area (Å²) >= 11 is 0. The molecule has 18 heavy (non-hydrogen) atoms.